The molecule has 4 heteroatoms. The molecule has 0 bridgehead atoms. The van der Waals surface area contributed by atoms with Gasteiger partial charge in [0.2, 0.25) is 0 Å². The second kappa shape index (κ2) is 3.61. The van der Waals surface area contributed by atoms with Gasteiger partial charge in [0.15, 0.2) is 0 Å². The van der Waals surface area contributed by atoms with Crippen molar-refractivity contribution < 1.29 is 0 Å². The van der Waals surface area contributed by atoms with Crippen molar-refractivity contribution in [3.8, 4) is 11.3 Å². The number of nitrogens with zero attached hydrogens (tertiary/aromatic N) is 1. The maximum Gasteiger partial charge on any atom is 0.0956 e. The van der Waals surface area contributed by atoms with E-state index in [-0.39, 0.29) is 6.04 Å². The lowest BCUT2D eigenvalue weighted by Crippen LogP contribution is -2.19. The summed E-state index contributed by atoms with van der Waals surface area (Å²) in [6, 6.07) is 7.98. The van der Waals surface area contributed by atoms with Gasteiger partial charge in [-0.2, -0.15) is 5.10 Å². The Labute approximate surface area is 98.6 Å². The van der Waals surface area contributed by atoms with E-state index in [9.17, 15) is 0 Å². The van der Waals surface area contributed by atoms with Gasteiger partial charge in [-0.1, -0.05) is 23.7 Å². The van der Waals surface area contributed by atoms with Gasteiger partial charge in [-0.05, 0) is 18.6 Å². The molecule has 16 heavy (non-hydrogen) atoms. The first kappa shape index (κ1) is 9.87. The Bertz CT molecular complexity index is 533. The van der Waals surface area contributed by atoms with E-state index >= 15 is 0 Å². The molecule has 1 aromatic heterocycles. The smallest absolute Gasteiger partial charge is 0.0956 e. The van der Waals surface area contributed by atoms with Gasteiger partial charge >= 0.3 is 0 Å². The van der Waals surface area contributed by atoms with Crippen LogP contribution in [-0.4, -0.2) is 16.2 Å². The van der Waals surface area contributed by atoms with Crippen molar-refractivity contribution in [1.82, 2.24) is 10.2 Å². The molecule has 0 aliphatic heterocycles. The highest BCUT2D eigenvalue weighted by Crippen LogP contribution is 2.30. The second-order valence-electron chi connectivity index (χ2n) is 4.21. The summed E-state index contributed by atoms with van der Waals surface area (Å²) in [5, 5.41) is 8.14. The monoisotopic (exact) mass is 233 g/mol. The molecule has 3 rings (SSSR count). The van der Waals surface area contributed by atoms with E-state index in [4.69, 9.17) is 17.3 Å². The zero-order chi connectivity index (χ0) is 11.1. The average Bonchev–Trinajstić information content (AvgIpc) is 2.76. The lowest BCUT2D eigenvalue weighted by Gasteiger charge is -2.02. The van der Waals surface area contributed by atoms with Gasteiger partial charge < -0.3 is 5.73 Å². The quantitative estimate of drug-likeness (QED) is 0.793. The minimum Gasteiger partial charge on any atom is -0.327 e. The van der Waals surface area contributed by atoms with Crippen LogP contribution in [0.4, 0.5) is 0 Å². The Morgan fingerprint density at radius 1 is 1.38 bits per heavy atom. The molecule has 1 unspecified atom stereocenters. The summed E-state index contributed by atoms with van der Waals surface area (Å²) >= 11 is 5.98. The number of hydrogen-bond acceptors (Lipinski definition) is 2. The minimum absolute atomic E-state index is 0.224. The standard InChI is InChI=1S/C12H12ClN3/c13-8-3-1-2-7(4-8)12-10-5-9(14)6-11(10)15-16-12/h1-4,9H,5-6,14H2,(H,15,16). The number of fused-ring (bicyclic) bond motifs is 1. The predicted octanol–water partition coefficient (Wildman–Crippen LogP) is 2.16. The summed E-state index contributed by atoms with van der Waals surface area (Å²) in [6.45, 7) is 0. The molecule has 0 fully saturated rings. The maximum atomic E-state index is 5.98. The summed E-state index contributed by atoms with van der Waals surface area (Å²) in [7, 11) is 0. The van der Waals surface area contributed by atoms with Crippen LogP contribution in [0.2, 0.25) is 5.02 Å². The zero-order valence-electron chi connectivity index (χ0n) is 8.70. The highest BCUT2D eigenvalue weighted by molar-refractivity contribution is 6.30. The van der Waals surface area contributed by atoms with Gasteiger partial charge in [-0.3, -0.25) is 5.10 Å². The van der Waals surface area contributed by atoms with Crippen molar-refractivity contribution >= 4 is 11.6 Å². The highest BCUT2D eigenvalue weighted by Gasteiger charge is 2.24. The van der Waals surface area contributed by atoms with Gasteiger partial charge in [-0.25, -0.2) is 0 Å². The second-order valence-corrected chi connectivity index (χ2v) is 4.64. The van der Waals surface area contributed by atoms with Gasteiger partial charge in [-0.15, -0.1) is 0 Å². The Hall–Kier alpha value is -1.32. The first-order valence-electron chi connectivity index (χ1n) is 5.31. The van der Waals surface area contributed by atoms with E-state index in [2.05, 4.69) is 10.2 Å². The van der Waals surface area contributed by atoms with Gasteiger partial charge in [0.25, 0.3) is 0 Å². The largest absolute Gasteiger partial charge is 0.327 e. The fraction of sp³-hybridized carbons (Fsp3) is 0.250. The molecule has 3 N–H and O–H groups in total. The molecule has 1 aromatic carbocycles. The average molecular weight is 234 g/mol. The molecule has 1 atom stereocenters. The van der Waals surface area contributed by atoms with Gasteiger partial charge in [0.1, 0.15) is 0 Å². The SMILES string of the molecule is NC1Cc2[nH]nc(-c3cccc(Cl)c3)c2C1. The zero-order valence-corrected chi connectivity index (χ0v) is 9.46. The molecule has 1 aliphatic rings. The Morgan fingerprint density at radius 3 is 3.06 bits per heavy atom. The van der Waals surface area contributed by atoms with Crippen LogP contribution in [-0.2, 0) is 12.8 Å². The van der Waals surface area contributed by atoms with Crippen molar-refractivity contribution in [1.29, 1.82) is 0 Å². The van der Waals surface area contributed by atoms with E-state index in [0.717, 1.165) is 29.1 Å². The first-order valence-corrected chi connectivity index (χ1v) is 5.69. The van der Waals surface area contributed by atoms with E-state index < -0.39 is 0 Å². The van der Waals surface area contributed by atoms with Crippen molar-refractivity contribution in [2.24, 2.45) is 5.73 Å². The summed E-state index contributed by atoms with van der Waals surface area (Å²) in [5.41, 5.74) is 10.4. The number of H-pyrrole nitrogens is 1. The number of nitrogens with one attached hydrogen (secondary N) is 1. The van der Waals surface area contributed by atoms with Gasteiger partial charge in [0.05, 0.1) is 5.69 Å². The topological polar surface area (TPSA) is 54.7 Å². The first-order chi connectivity index (χ1) is 7.74. The van der Waals surface area contributed by atoms with Crippen LogP contribution in [0.3, 0.4) is 0 Å². The van der Waals surface area contributed by atoms with Crippen LogP contribution in [0.25, 0.3) is 11.3 Å². The Morgan fingerprint density at radius 2 is 2.25 bits per heavy atom. The van der Waals surface area contributed by atoms with Crippen LogP contribution >= 0.6 is 11.6 Å². The Kier molecular flexibility index (Phi) is 2.23. The van der Waals surface area contributed by atoms with Crippen molar-refractivity contribution in [2.75, 3.05) is 0 Å². The number of rotatable bonds is 1. The van der Waals surface area contributed by atoms with E-state index in [1.807, 2.05) is 24.3 Å². The van der Waals surface area contributed by atoms with Crippen molar-refractivity contribution in [2.45, 2.75) is 18.9 Å². The fourth-order valence-electron chi connectivity index (χ4n) is 2.26. The van der Waals surface area contributed by atoms with Gasteiger partial charge in [0, 0.05) is 34.3 Å². The third kappa shape index (κ3) is 1.52. The molecule has 0 radical (unpaired) electrons. The van der Waals surface area contributed by atoms with E-state index in [1.165, 1.54) is 11.3 Å². The third-order valence-electron chi connectivity index (χ3n) is 2.98. The number of aromatic amines is 1. The molecular formula is C12H12ClN3. The molecule has 0 saturated carbocycles. The molecule has 2 aromatic rings. The van der Waals surface area contributed by atoms with Crippen LogP contribution in [0, 0.1) is 0 Å². The molecule has 0 amide bonds. The van der Waals surface area contributed by atoms with Crippen molar-refractivity contribution in [3.63, 3.8) is 0 Å². The van der Waals surface area contributed by atoms with Crippen LogP contribution in [0.1, 0.15) is 11.3 Å². The molecule has 3 nitrogen and oxygen atoms in total. The minimum atomic E-state index is 0.224. The summed E-state index contributed by atoms with van der Waals surface area (Å²) in [4.78, 5) is 0. The molecular weight excluding hydrogens is 222 g/mol. The van der Waals surface area contributed by atoms with E-state index in [0.29, 0.717) is 0 Å². The normalized spacial score (nSPS) is 18.8. The fourth-order valence-corrected chi connectivity index (χ4v) is 2.45. The Balaban J connectivity index is 2.08. The molecule has 1 heterocycles. The summed E-state index contributed by atoms with van der Waals surface area (Å²) in [5.74, 6) is 0. The summed E-state index contributed by atoms with van der Waals surface area (Å²) in [6.07, 6.45) is 1.79. The number of hydrogen-bond donors (Lipinski definition) is 2. The summed E-state index contributed by atoms with van der Waals surface area (Å²) < 4.78 is 0. The van der Waals surface area contributed by atoms with Crippen LogP contribution < -0.4 is 5.73 Å². The lowest BCUT2D eigenvalue weighted by atomic mass is 10.1. The number of nitrogens with two attached hydrogens (primary N) is 1. The van der Waals surface area contributed by atoms with Crippen molar-refractivity contribution in [3.05, 3.63) is 40.5 Å². The van der Waals surface area contributed by atoms with Crippen LogP contribution in [0.15, 0.2) is 24.3 Å². The molecule has 1 aliphatic carbocycles. The number of benzene rings is 1. The third-order valence-corrected chi connectivity index (χ3v) is 3.22. The maximum absolute atomic E-state index is 5.98. The highest BCUT2D eigenvalue weighted by atomic mass is 35.5. The lowest BCUT2D eigenvalue weighted by molar-refractivity contribution is 0.706. The van der Waals surface area contributed by atoms with E-state index in [1.54, 1.807) is 0 Å². The number of halogens is 1. The molecule has 82 valence electrons. The van der Waals surface area contributed by atoms with Crippen LogP contribution in [0.5, 0.6) is 0 Å². The predicted molar refractivity (Wildman–Crippen MR) is 64.4 cm³/mol. The molecule has 0 spiro atoms. The number of aromatic nitrogens is 2. The molecule has 0 saturated heterocycles.